The quantitative estimate of drug-likeness (QED) is 0.825. The highest BCUT2D eigenvalue weighted by Gasteiger charge is 2.15. The zero-order chi connectivity index (χ0) is 13.3. The van der Waals surface area contributed by atoms with Crippen LogP contribution in [0.2, 0.25) is 5.02 Å². The van der Waals surface area contributed by atoms with Gasteiger partial charge in [0.25, 0.3) is 0 Å². The summed E-state index contributed by atoms with van der Waals surface area (Å²) < 4.78 is 31.9. The number of ether oxygens (including phenoxy) is 1. The molecule has 0 bridgehead atoms. The number of benzene rings is 2. The molecule has 2 rings (SSSR count). The molecule has 0 spiro atoms. The van der Waals surface area contributed by atoms with Gasteiger partial charge in [-0.3, -0.25) is 0 Å². The van der Waals surface area contributed by atoms with E-state index in [9.17, 15) is 8.78 Å². The minimum Gasteiger partial charge on any atom is -0.450 e. The summed E-state index contributed by atoms with van der Waals surface area (Å²) in [7, 11) is 0. The summed E-state index contributed by atoms with van der Waals surface area (Å²) in [6.45, 7) is 1.83. The highest BCUT2D eigenvalue weighted by molar-refractivity contribution is 6.32. The molecule has 0 aliphatic rings. The average molecular weight is 270 g/mol. The Morgan fingerprint density at radius 1 is 1.17 bits per heavy atom. The number of hydrogen-bond acceptors (Lipinski definition) is 2. The molecule has 0 radical (unpaired) electrons. The van der Waals surface area contributed by atoms with Crippen LogP contribution in [0.1, 0.15) is 5.56 Å². The molecule has 2 aromatic rings. The first-order chi connectivity index (χ1) is 8.49. The molecule has 0 aromatic heterocycles. The van der Waals surface area contributed by atoms with Gasteiger partial charge in [0.15, 0.2) is 11.6 Å². The predicted molar refractivity (Wildman–Crippen MR) is 67.0 cm³/mol. The fourth-order valence-corrected chi connectivity index (χ4v) is 1.61. The SMILES string of the molecule is Cc1ccc(Cl)c(Oc2c(N)ccc(F)c2F)c1. The lowest BCUT2D eigenvalue weighted by molar-refractivity contribution is 0.418. The van der Waals surface area contributed by atoms with Gasteiger partial charge in [0.2, 0.25) is 5.82 Å². The van der Waals surface area contributed by atoms with Crippen molar-refractivity contribution in [3.63, 3.8) is 0 Å². The van der Waals surface area contributed by atoms with E-state index in [0.29, 0.717) is 5.02 Å². The Hall–Kier alpha value is -1.81. The van der Waals surface area contributed by atoms with Crippen molar-refractivity contribution in [3.8, 4) is 11.5 Å². The smallest absolute Gasteiger partial charge is 0.203 e. The lowest BCUT2D eigenvalue weighted by Crippen LogP contribution is -1.98. The van der Waals surface area contributed by atoms with Crippen molar-refractivity contribution in [3.05, 3.63) is 52.6 Å². The highest BCUT2D eigenvalue weighted by atomic mass is 35.5. The van der Waals surface area contributed by atoms with Crippen LogP contribution < -0.4 is 10.5 Å². The average Bonchev–Trinajstić information content (AvgIpc) is 2.34. The molecular weight excluding hydrogens is 260 g/mol. The Morgan fingerprint density at radius 3 is 2.61 bits per heavy atom. The van der Waals surface area contributed by atoms with Crippen molar-refractivity contribution in [1.29, 1.82) is 0 Å². The molecule has 2 aromatic carbocycles. The zero-order valence-corrected chi connectivity index (χ0v) is 10.3. The zero-order valence-electron chi connectivity index (χ0n) is 9.51. The second kappa shape index (κ2) is 4.82. The Morgan fingerprint density at radius 2 is 1.89 bits per heavy atom. The van der Waals surface area contributed by atoms with Crippen LogP contribution in [0.25, 0.3) is 0 Å². The molecule has 0 unspecified atom stereocenters. The van der Waals surface area contributed by atoms with Crippen molar-refractivity contribution < 1.29 is 13.5 Å². The van der Waals surface area contributed by atoms with Crippen molar-refractivity contribution in [2.75, 3.05) is 5.73 Å². The van der Waals surface area contributed by atoms with E-state index in [2.05, 4.69) is 0 Å². The summed E-state index contributed by atoms with van der Waals surface area (Å²) in [5, 5.41) is 0.295. The number of aryl methyl sites for hydroxylation is 1. The van der Waals surface area contributed by atoms with Gasteiger partial charge >= 0.3 is 0 Å². The number of anilines is 1. The molecule has 0 aliphatic heterocycles. The second-order valence-corrected chi connectivity index (χ2v) is 4.22. The van der Waals surface area contributed by atoms with E-state index in [1.54, 1.807) is 18.2 Å². The van der Waals surface area contributed by atoms with Crippen LogP contribution in [0.5, 0.6) is 11.5 Å². The fourth-order valence-electron chi connectivity index (χ4n) is 1.45. The Bertz CT molecular complexity index is 602. The molecule has 94 valence electrons. The van der Waals surface area contributed by atoms with Crippen LogP contribution in [0.3, 0.4) is 0 Å². The minimum atomic E-state index is -1.13. The summed E-state index contributed by atoms with van der Waals surface area (Å²) in [6, 6.07) is 7.18. The van der Waals surface area contributed by atoms with Crippen LogP contribution in [-0.4, -0.2) is 0 Å². The fraction of sp³-hybridized carbons (Fsp3) is 0.0769. The van der Waals surface area contributed by atoms with E-state index in [0.717, 1.165) is 11.6 Å². The molecular formula is C13H10ClF2NO. The lowest BCUT2D eigenvalue weighted by Gasteiger charge is -2.11. The Balaban J connectivity index is 2.46. The van der Waals surface area contributed by atoms with Gasteiger partial charge in [-0.1, -0.05) is 17.7 Å². The largest absolute Gasteiger partial charge is 0.450 e. The van der Waals surface area contributed by atoms with Gasteiger partial charge in [0, 0.05) is 0 Å². The summed E-state index contributed by atoms with van der Waals surface area (Å²) in [5.41, 5.74) is 6.44. The molecule has 0 aliphatic carbocycles. The van der Waals surface area contributed by atoms with E-state index >= 15 is 0 Å². The van der Waals surface area contributed by atoms with E-state index in [1.165, 1.54) is 6.07 Å². The first-order valence-electron chi connectivity index (χ1n) is 5.16. The minimum absolute atomic E-state index is 0.00599. The number of hydrogen-bond donors (Lipinski definition) is 1. The van der Waals surface area contributed by atoms with Crippen molar-refractivity contribution >= 4 is 17.3 Å². The number of rotatable bonds is 2. The summed E-state index contributed by atoms with van der Waals surface area (Å²) >= 11 is 5.91. The van der Waals surface area contributed by atoms with Gasteiger partial charge in [-0.15, -0.1) is 0 Å². The number of nitrogen functional groups attached to an aromatic ring is 1. The van der Waals surface area contributed by atoms with Gasteiger partial charge in [-0.2, -0.15) is 4.39 Å². The third-order valence-electron chi connectivity index (χ3n) is 2.38. The molecule has 0 fully saturated rings. The van der Waals surface area contributed by atoms with Crippen molar-refractivity contribution in [1.82, 2.24) is 0 Å². The third-order valence-corrected chi connectivity index (χ3v) is 2.69. The standard InChI is InChI=1S/C13H10ClF2NO/c1-7-2-3-8(14)11(6-7)18-13-10(17)5-4-9(15)12(13)16/h2-6H,17H2,1H3. The first-order valence-corrected chi connectivity index (χ1v) is 5.54. The van der Waals surface area contributed by atoms with E-state index in [4.69, 9.17) is 22.1 Å². The summed E-state index contributed by atoms with van der Waals surface area (Å²) in [5.74, 6) is -2.29. The first kappa shape index (κ1) is 12.6. The highest BCUT2D eigenvalue weighted by Crippen LogP contribution is 2.35. The molecule has 18 heavy (non-hydrogen) atoms. The van der Waals surface area contributed by atoms with Gasteiger partial charge < -0.3 is 10.5 Å². The molecule has 0 amide bonds. The molecule has 2 N–H and O–H groups in total. The summed E-state index contributed by atoms with van der Waals surface area (Å²) in [4.78, 5) is 0. The predicted octanol–water partition coefficient (Wildman–Crippen LogP) is 4.30. The lowest BCUT2D eigenvalue weighted by atomic mass is 10.2. The molecule has 0 saturated heterocycles. The van der Waals surface area contributed by atoms with Gasteiger partial charge in [0.1, 0.15) is 5.75 Å². The van der Waals surface area contributed by atoms with Gasteiger partial charge in [-0.05, 0) is 36.8 Å². The number of halogens is 3. The van der Waals surface area contributed by atoms with Gasteiger partial charge in [0.05, 0.1) is 10.7 Å². The Kier molecular flexibility index (Phi) is 3.39. The van der Waals surface area contributed by atoms with Crippen LogP contribution in [0.15, 0.2) is 30.3 Å². The van der Waals surface area contributed by atoms with Crippen LogP contribution in [0.4, 0.5) is 14.5 Å². The molecule has 2 nitrogen and oxygen atoms in total. The van der Waals surface area contributed by atoms with Crippen LogP contribution in [-0.2, 0) is 0 Å². The molecule has 0 heterocycles. The third kappa shape index (κ3) is 2.38. The molecule has 5 heteroatoms. The maximum absolute atomic E-state index is 13.6. The number of nitrogens with two attached hydrogens (primary N) is 1. The molecule has 0 saturated carbocycles. The van der Waals surface area contributed by atoms with E-state index in [1.807, 2.05) is 6.92 Å². The Labute approximate surface area is 108 Å². The monoisotopic (exact) mass is 269 g/mol. The van der Waals surface area contributed by atoms with E-state index < -0.39 is 11.6 Å². The van der Waals surface area contributed by atoms with E-state index in [-0.39, 0.29) is 17.2 Å². The molecule has 0 atom stereocenters. The normalized spacial score (nSPS) is 10.4. The van der Waals surface area contributed by atoms with Crippen LogP contribution >= 0.6 is 11.6 Å². The topological polar surface area (TPSA) is 35.2 Å². The summed E-state index contributed by atoms with van der Waals surface area (Å²) in [6.07, 6.45) is 0. The van der Waals surface area contributed by atoms with Crippen molar-refractivity contribution in [2.24, 2.45) is 0 Å². The van der Waals surface area contributed by atoms with Crippen molar-refractivity contribution in [2.45, 2.75) is 6.92 Å². The second-order valence-electron chi connectivity index (χ2n) is 3.82. The maximum Gasteiger partial charge on any atom is 0.203 e. The van der Waals surface area contributed by atoms with Crippen LogP contribution in [0, 0.1) is 18.6 Å². The maximum atomic E-state index is 13.6. The van der Waals surface area contributed by atoms with Gasteiger partial charge in [-0.25, -0.2) is 4.39 Å².